The van der Waals surface area contributed by atoms with E-state index >= 15 is 0 Å². The van der Waals surface area contributed by atoms with Crippen LogP contribution in [-0.4, -0.2) is 25.4 Å². The van der Waals surface area contributed by atoms with Crippen molar-refractivity contribution in [1.29, 1.82) is 5.26 Å². The van der Waals surface area contributed by atoms with E-state index in [1.165, 1.54) is 11.8 Å². The molecule has 0 atom stereocenters. The molecule has 0 spiro atoms. The molecule has 7 nitrogen and oxygen atoms in total. The zero-order chi connectivity index (χ0) is 23.4. The molecule has 1 aromatic carbocycles. The number of allylic oxidation sites excluding steroid dienone is 3. The van der Waals surface area contributed by atoms with E-state index in [4.69, 9.17) is 16.0 Å². The minimum atomic E-state index is -0.423. The van der Waals surface area contributed by atoms with Gasteiger partial charge in [-0.1, -0.05) is 48.2 Å². The lowest BCUT2D eigenvalue weighted by atomic mass is 10.1. The van der Waals surface area contributed by atoms with Gasteiger partial charge in [-0.3, -0.25) is 9.78 Å². The van der Waals surface area contributed by atoms with Crippen LogP contribution in [0.15, 0.2) is 75.4 Å². The number of halogens is 1. The van der Waals surface area contributed by atoms with Gasteiger partial charge < -0.3 is 5.73 Å². The van der Waals surface area contributed by atoms with Crippen molar-refractivity contribution in [3.63, 3.8) is 0 Å². The van der Waals surface area contributed by atoms with E-state index in [-0.39, 0.29) is 6.42 Å². The number of fused-ring (bicyclic) bond motifs is 2. The first-order valence-corrected chi connectivity index (χ1v) is 11.7. The van der Waals surface area contributed by atoms with Gasteiger partial charge in [0.2, 0.25) is 5.78 Å². The molecular weight excluding hydrogens is 500 g/mol. The van der Waals surface area contributed by atoms with E-state index in [1.54, 1.807) is 16.8 Å². The van der Waals surface area contributed by atoms with Gasteiger partial charge in [0.1, 0.15) is 16.9 Å². The number of nitrogens with zero attached hydrogens (tertiary/aromatic N) is 5. The second-order valence-electron chi connectivity index (χ2n) is 7.10. The molecule has 0 aliphatic heterocycles. The summed E-state index contributed by atoms with van der Waals surface area (Å²) < 4.78 is 2.26. The number of pyridine rings is 1. The molecule has 0 amide bonds. The molecule has 164 valence electrons. The van der Waals surface area contributed by atoms with Crippen LogP contribution in [0.1, 0.15) is 19.8 Å². The molecule has 33 heavy (non-hydrogen) atoms. The lowest BCUT2D eigenvalue weighted by molar-refractivity contribution is -0.113. The van der Waals surface area contributed by atoms with Crippen molar-refractivity contribution in [2.75, 3.05) is 5.73 Å². The molecule has 0 unspecified atom stereocenters. The van der Waals surface area contributed by atoms with Crippen molar-refractivity contribution in [2.24, 2.45) is 0 Å². The number of thioether (sulfide) groups is 1. The van der Waals surface area contributed by atoms with E-state index < -0.39 is 5.78 Å². The van der Waals surface area contributed by atoms with Crippen LogP contribution < -0.4 is 5.73 Å². The summed E-state index contributed by atoms with van der Waals surface area (Å²) in [7, 11) is 0. The number of nitrogen functional groups attached to an aromatic ring is 1. The summed E-state index contributed by atoms with van der Waals surface area (Å²) >= 11 is 5.00. The third-order valence-corrected chi connectivity index (χ3v) is 7.08. The fraction of sp³-hybridized carbons (Fsp3) is 0.125. The zero-order valence-electron chi connectivity index (χ0n) is 17.7. The number of nitrogens with two attached hydrogens (primary N) is 1. The summed E-state index contributed by atoms with van der Waals surface area (Å²) in [5.74, 6) is 0.0231. The van der Waals surface area contributed by atoms with Crippen LogP contribution in [0, 0.1) is 11.3 Å². The minimum Gasteiger partial charge on any atom is -0.383 e. The van der Waals surface area contributed by atoms with Gasteiger partial charge in [-0.15, -0.1) is 0 Å². The summed E-state index contributed by atoms with van der Waals surface area (Å²) in [6.45, 7) is 1.92. The Bertz CT molecular complexity index is 1470. The second kappa shape index (κ2) is 9.98. The Labute approximate surface area is 203 Å². The number of ketones is 1. The third-order valence-electron chi connectivity index (χ3n) is 4.94. The van der Waals surface area contributed by atoms with Gasteiger partial charge in [-0.05, 0) is 41.4 Å². The van der Waals surface area contributed by atoms with E-state index in [1.807, 2.05) is 55.6 Å². The number of anilines is 1. The first kappa shape index (κ1) is 22.7. The molecule has 9 heteroatoms. The Morgan fingerprint density at radius 2 is 2.15 bits per heavy atom. The molecule has 4 aromatic rings. The fourth-order valence-corrected chi connectivity index (χ4v) is 4.56. The van der Waals surface area contributed by atoms with Crippen molar-refractivity contribution in [3.8, 4) is 17.2 Å². The predicted octanol–water partition coefficient (Wildman–Crippen LogP) is 5.71. The third kappa shape index (κ3) is 4.82. The van der Waals surface area contributed by atoms with Crippen LogP contribution in [0.3, 0.4) is 0 Å². The molecule has 3 heterocycles. The number of aromatic nitrogens is 4. The van der Waals surface area contributed by atoms with Gasteiger partial charge in [0.15, 0.2) is 5.65 Å². The standard InChI is InChI=1S/C24H19BrN6OS/c1-2-18(9-5-4-8-17(32)12-26)33-24-21(25)22(27)31-23(30-24)19(14-29-31)16-11-15-7-3-6-10-20(15)28-13-16/h2-3,5-7,9-11,13-14H,4,8,27H2,1H3/b9-5-,18-2+. The number of para-hydroxylation sites is 1. The van der Waals surface area contributed by atoms with Gasteiger partial charge in [-0.25, -0.2) is 4.98 Å². The van der Waals surface area contributed by atoms with Gasteiger partial charge in [0.25, 0.3) is 0 Å². The summed E-state index contributed by atoms with van der Waals surface area (Å²) in [6.07, 6.45) is 10.00. The molecule has 4 rings (SSSR count). The van der Waals surface area contributed by atoms with Crippen LogP contribution in [0.2, 0.25) is 0 Å². The summed E-state index contributed by atoms with van der Waals surface area (Å²) in [5, 5.41) is 14.8. The Morgan fingerprint density at radius 1 is 1.33 bits per heavy atom. The number of rotatable bonds is 7. The van der Waals surface area contributed by atoms with E-state index in [0.29, 0.717) is 27.4 Å². The highest BCUT2D eigenvalue weighted by Gasteiger charge is 2.17. The first-order chi connectivity index (χ1) is 16.0. The molecule has 2 N–H and O–H groups in total. The Hall–Kier alpha value is -3.48. The van der Waals surface area contributed by atoms with Crippen LogP contribution in [0.25, 0.3) is 27.7 Å². The average molecular weight is 519 g/mol. The molecule has 3 aromatic heterocycles. The molecular formula is C24H19BrN6OS. The Balaban J connectivity index is 1.68. The number of hydrogen-bond acceptors (Lipinski definition) is 7. The average Bonchev–Trinajstić information content (AvgIpc) is 3.27. The van der Waals surface area contributed by atoms with Crippen LogP contribution in [-0.2, 0) is 4.79 Å². The number of benzene rings is 1. The number of hydrogen-bond donors (Lipinski definition) is 1. The van der Waals surface area contributed by atoms with Crippen LogP contribution in [0.5, 0.6) is 0 Å². The summed E-state index contributed by atoms with van der Waals surface area (Å²) in [5.41, 5.74) is 9.66. The van der Waals surface area contributed by atoms with Gasteiger partial charge in [-0.2, -0.15) is 14.9 Å². The lowest BCUT2D eigenvalue weighted by Gasteiger charge is -2.09. The van der Waals surface area contributed by atoms with Gasteiger partial charge >= 0.3 is 0 Å². The predicted molar refractivity (Wildman–Crippen MR) is 134 cm³/mol. The van der Waals surface area contributed by atoms with Crippen molar-refractivity contribution in [1.82, 2.24) is 19.6 Å². The smallest absolute Gasteiger partial charge is 0.232 e. The Morgan fingerprint density at radius 3 is 2.94 bits per heavy atom. The molecule has 0 bridgehead atoms. The van der Waals surface area contributed by atoms with Gasteiger partial charge in [0.05, 0.1) is 16.2 Å². The molecule has 0 aliphatic rings. The normalized spacial score (nSPS) is 12.0. The number of carbonyl (C=O) groups is 1. The zero-order valence-corrected chi connectivity index (χ0v) is 20.1. The quantitative estimate of drug-likeness (QED) is 0.144. The molecule has 0 saturated heterocycles. The second-order valence-corrected chi connectivity index (χ2v) is 8.95. The largest absolute Gasteiger partial charge is 0.383 e. The highest BCUT2D eigenvalue weighted by molar-refractivity contribution is 9.10. The van der Waals surface area contributed by atoms with E-state index in [9.17, 15) is 4.79 Å². The highest BCUT2D eigenvalue weighted by atomic mass is 79.9. The summed E-state index contributed by atoms with van der Waals surface area (Å²) in [6, 6.07) is 11.6. The number of nitriles is 1. The van der Waals surface area contributed by atoms with Crippen molar-refractivity contribution < 1.29 is 4.79 Å². The minimum absolute atomic E-state index is 0.203. The SMILES string of the molecule is C/C=C(\C=C/CCC(=O)C#N)Sc1nc2c(-c3cnc4ccccc4c3)cnn2c(N)c1Br. The molecule has 0 aliphatic carbocycles. The summed E-state index contributed by atoms with van der Waals surface area (Å²) in [4.78, 5) is 21.5. The van der Waals surface area contributed by atoms with Crippen LogP contribution in [0.4, 0.5) is 5.82 Å². The highest BCUT2D eigenvalue weighted by Crippen LogP contribution is 2.37. The van der Waals surface area contributed by atoms with Gasteiger partial charge in [0, 0.05) is 34.0 Å². The number of carbonyl (C=O) groups excluding carboxylic acids is 1. The molecule has 0 radical (unpaired) electrons. The van der Waals surface area contributed by atoms with E-state index in [2.05, 4.69) is 32.1 Å². The van der Waals surface area contributed by atoms with E-state index in [0.717, 1.165) is 26.9 Å². The molecule has 0 fully saturated rings. The fourth-order valence-electron chi connectivity index (χ4n) is 3.23. The lowest BCUT2D eigenvalue weighted by Crippen LogP contribution is -2.03. The van der Waals surface area contributed by atoms with Crippen molar-refractivity contribution in [3.05, 3.63) is 70.3 Å². The Kier molecular flexibility index (Phi) is 6.87. The number of Topliss-reactive ketones (excluding diaryl/α,β-unsaturated/α-hetero) is 1. The maximum Gasteiger partial charge on any atom is 0.232 e. The van der Waals surface area contributed by atoms with Crippen molar-refractivity contribution in [2.45, 2.75) is 24.8 Å². The maximum absolute atomic E-state index is 11.2. The first-order valence-electron chi connectivity index (χ1n) is 10.1. The van der Waals surface area contributed by atoms with Crippen molar-refractivity contribution >= 4 is 55.8 Å². The molecule has 0 saturated carbocycles. The monoisotopic (exact) mass is 518 g/mol. The van der Waals surface area contributed by atoms with Crippen LogP contribution >= 0.6 is 27.7 Å². The maximum atomic E-state index is 11.2. The topological polar surface area (TPSA) is 110 Å².